The van der Waals surface area contributed by atoms with E-state index in [9.17, 15) is 14.4 Å². The van der Waals surface area contributed by atoms with Crippen LogP contribution in [0.25, 0.3) is 0 Å². The lowest BCUT2D eigenvalue weighted by Crippen LogP contribution is -2.30. The van der Waals surface area contributed by atoms with Crippen molar-refractivity contribution in [3.05, 3.63) is 97.2 Å². The second kappa shape index (κ2) is 54.9. The number of hydrogen-bond acceptors (Lipinski definition) is 6. The smallest absolute Gasteiger partial charge is 0.306 e. The van der Waals surface area contributed by atoms with Crippen molar-refractivity contribution < 1.29 is 28.6 Å². The quantitative estimate of drug-likeness (QED) is 0.0262. The van der Waals surface area contributed by atoms with Gasteiger partial charge in [0.1, 0.15) is 13.2 Å². The van der Waals surface area contributed by atoms with E-state index in [2.05, 4.69) is 118 Å². The Kier molecular flexibility index (Phi) is 51.9. The number of unbranched alkanes of at least 4 members (excludes halogenated alkanes) is 22. The fourth-order valence-electron chi connectivity index (χ4n) is 7.37. The van der Waals surface area contributed by atoms with Gasteiger partial charge < -0.3 is 14.2 Å². The van der Waals surface area contributed by atoms with Gasteiger partial charge >= 0.3 is 17.9 Å². The standard InChI is InChI=1S/C61H102O6/c1-4-7-10-13-16-19-22-25-28-30-33-36-39-42-45-48-51-54-60(63)66-57-58(56-65-59(62)53-50-47-44-41-38-35-32-27-24-21-18-15-12-9-6-3)67-61(64)55-52-49-46-43-40-37-34-31-29-26-23-20-17-14-11-8-5-2/h16-17,19-20,25-26,28-29,33-34,36-37,42-43,45-46,58H,4-15,18,21-24,27,30-32,35,38-41,44,47-57H2,1-3H3/t58-/m1/s1. The van der Waals surface area contributed by atoms with Crippen LogP contribution in [0.4, 0.5) is 0 Å². The summed E-state index contributed by atoms with van der Waals surface area (Å²) in [6.45, 7) is 6.49. The number of esters is 3. The highest BCUT2D eigenvalue weighted by atomic mass is 16.6. The first-order valence-electron chi connectivity index (χ1n) is 27.7. The Balaban J connectivity index is 4.56. The Labute approximate surface area is 413 Å². The van der Waals surface area contributed by atoms with Crippen molar-refractivity contribution in [1.29, 1.82) is 0 Å². The van der Waals surface area contributed by atoms with E-state index in [-0.39, 0.29) is 44.0 Å². The molecular formula is C61H102O6. The molecule has 0 aliphatic carbocycles. The maximum Gasteiger partial charge on any atom is 0.306 e. The molecule has 1 atom stereocenters. The number of carbonyl (C=O) groups excluding carboxylic acids is 3. The second-order valence-electron chi connectivity index (χ2n) is 18.1. The van der Waals surface area contributed by atoms with Crippen LogP contribution in [0.1, 0.15) is 252 Å². The Bertz CT molecular complexity index is 1350. The first-order valence-corrected chi connectivity index (χ1v) is 27.7. The van der Waals surface area contributed by atoms with Crippen LogP contribution in [-0.2, 0) is 28.6 Å². The third-order valence-corrected chi connectivity index (χ3v) is 11.6. The van der Waals surface area contributed by atoms with Gasteiger partial charge in [0.2, 0.25) is 0 Å². The van der Waals surface area contributed by atoms with Crippen molar-refractivity contribution >= 4 is 17.9 Å². The SMILES string of the molecule is CCCCCC=CCC=CCC=CCC=CCCCC(=O)OC[C@@H](COC(=O)CCCCCCCCCCCCCCCCC)OC(=O)CCCC=CCC=CCC=CCC=CCCCCC. The minimum Gasteiger partial charge on any atom is -0.462 e. The molecule has 0 heterocycles. The molecular weight excluding hydrogens is 829 g/mol. The van der Waals surface area contributed by atoms with Gasteiger partial charge in [-0.25, -0.2) is 0 Å². The molecule has 0 aliphatic rings. The maximum atomic E-state index is 12.8. The number of ether oxygens (including phenoxy) is 3. The topological polar surface area (TPSA) is 78.9 Å². The van der Waals surface area contributed by atoms with Crippen molar-refractivity contribution in [2.24, 2.45) is 0 Å². The van der Waals surface area contributed by atoms with Crippen LogP contribution in [0.5, 0.6) is 0 Å². The molecule has 6 heteroatoms. The molecule has 0 bridgehead atoms. The van der Waals surface area contributed by atoms with E-state index in [1.54, 1.807) is 0 Å². The van der Waals surface area contributed by atoms with Crippen LogP contribution in [0, 0.1) is 0 Å². The summed E-state index contributed by atoms with van der Waals surface area (Å²) < 4.78 is 16.7. The monoisotopic (exact) mass is 931 g/mol. The van der Waals surface area contributed by atoms with Crippen LogP contribution >= 0.6 is 0 Å². The van der Waals surface area contributed by atoms with E-state index in [1.807, 2.05) is 0 Å². The minimum atomic E-state index is -0.827. The Morgan fingerprint density at radius 1 is 0.299 bits per heavy atom. The predicted molar refractivity (Wildman–Crippen MR) is 288 cm³/mol. The number of carbonyl (C=O) groups is 3. The molecule has 382 valence electrons. The van der Waals surface area contributed by atoms with Gasteiger partial charge in [-0.3, -0.25) is 14.4 Å². The van der Waals surface area contributed by atoms with E-state index in [0.29, 0.717) is 19.3 Å². The van der Waals surface area contributed by atoms with Crippen LogP contribution in [-0.4, -0.2) is 37.2 Å². The van der Waals surface area contributed by atoms with Crippen molar-refractivity contribution in [2.75, 3.05) is 13.2 Å². The van der Waals surface area contributed by atoms with Crippen LogP contribution < -0.4 is 0 Å². The normalized spacial score (nSPS) is 12.8. The molecule has 0 radical (unpaired) electrons. The molecule has 0 spiro atoms. The first kappa shape index (κ1) is 63.3. The number of allylic oxidation sites excluding steroid dienone is 16. The molecule has 6 nitrogen and oxygen atoms in total. The lowest BCUT2D eigenvalue weighted by Gasteiger charge is -2.18. The van der Waals surface area contributed by atoms with Crippen LogP contribution in [0.3, 0.4) is 0 Å². The lowest BCUT2D eigenvalue weighted by atomic mass is 10.0. The van der Waals surface area contributed by atoms with E-state index < -0.39 is 6.10 Å². The molecule has 0 fully saturated rings. The Hall–Kier alpha value is -3.67. The fraction of sp³-hybridized carbons (Fsp3) is 0.689. The molecule has 0 saturated heterocycles. The molecule has 0 aromatic carbocycles. The zero-order valence-corrected chi connectivity index (χ0v) is 43.6. The van der Waals surface area contributed by atoms with Gasteiger partial charge in [0.05, 0.1) is 0 Å². The molecule has 0 unspecified atom stereocenters. The highest BCUT2D eigenvalue weighted by molar-refractivity contribution is 5.71. The summed E-state index contributed by atoms with van der Waals surface area (Å²) >= 11 is 0. The fourth-order valence-corrected chi connectivity index (χ4v) is 7.37. The predicted octanol–water partition coefficient (Wildman–Crippen LogP) is 18.5. The zero-order chi connectivity index (χ0) is 48.6. The van der Waals surface area contributed by atoms with Gasteiger partial charge in [-0.15, -0.1) is 0 Å². The molecule has 0 aromatic rings. The molecule has 0 aliphatic heterocycles. The third-order valence-electron chi connectivity index (χ3n) is 11.6. The molecule has 0 rings (SSSR count). The van der Waals surface area contributed by atoms with Gasteiger partial charge in [0, 0.05) is 19.3 Å². The summed E-state index contributed by atoms with van der Waals surface area (Å²) in [5, 5.41) is 0. The largest absolute Gasteiger partial charge is 0.462 e. The maximum absolute atomic E-state index is 12.8. The van der Waals surface area contributed by atoms with Gasteiger partial charge in [0.25, 0.3) is 0 Å². The van der Waals surface area contributed by atoms with Gasteiger partial charge in [-0.1, -0.05) is 234 Å². The lowest BCUT2D eigenvalue weighted by molar-refractivity contribution is -0.167. The first-order chi connectivity index (χ1) is 33.0. The minimum absolute atomic E-state index is 0.115. The average Bonchev–Trinajstić information content (AvgIpc) is 3.33. The summed E-state index contributed by atoms with van der Waals surface area (Å²) in [5.41, 5.74) is 0. The number of hydrogen-bond donors (Lipinski definition) is 0. The summed E-state index contributed by atoms with van der Waals surface area (Å²) in [4.78, 5) is 38.1. The highest BCUT2D eigenvalue weighted by Gasteiger charge is 2.19. The summed E-state index contributed by atoms with van der Waals surface area (Å²) in [6.07, 6.45) is 72.6. The van der Waals surface area contributed by atoms with Crippen LogP contribution in [0.2, 0.25) is 0 Å². The highest BCUT2D eigenvalue weighted by Crippen LogP contribution is 2.15. The average molecular weight is 931 g/mol. The van der Waals surface area contributed by atoms with E-state index in [0.717, 1.165) is 70.6 Å². The summed E-state index contributed by atoms with van der Waals surface area (Å²) in [5.74, 6) is -1.03. The summed E-state index contributed by atoms with van der Waals surface area (Å²) in [7, 11) is 0. The van der Waals surface area contributed by atoms with E-state index in [4.69, 9.17) is 14.2 Å². The van der Waals surface area contributed by atoms with E-state index in [1.165, 1.54) is 128 Å². The molecule has 0 amide bonds. The van der Waals surface area contributed by atoms with Gasteiger partial charge in [-0.2, -0.15) is 0 Å². The zero-order valence-electron chi connectivity index (χ0n) is 43.6. The van der Waals surface area contributed by atoms with Crippen LogP contribution in [0.15, 0.2) is 97.2 Å². The molecule has 0 N–H and O–H groups in total. The van der Waals surface area contributed by atoms with Crippen molar-refractivity contribution in [3.63, 3.8) is 0 Å². The Morgan fingerprint density at radius 3 is 0.896 bits per heavy atom. The molecule has 0 saturated carbocycles. The summed E-state index contributed by atoms with van der Waals surface area (Å²) in [6, 6.07) is 0. The van der Waals surface area contributed by atoms with Gasteiger partial charge in [0.15, 0.2) is 6.10 Å². The van der Waals surface area contributed by atoms with Crippen molar-refractivity contribution in [2.45, 2.75) is 258 Å². The van der Waals surface area contributed by atoms with Gasteiger partial charge in [-0.05, 0) is 96.3 Å². The molecule has 0 aromatic heterocycles. The van der Waals surface area contributed by atoms with E-state index >= 15 is 0 Å². The number of rotatable bonds is 49. The van der Waals surface area contributed by atoms with Crippen molar-refractivity contribution in [3.8, 4) is 0 Å². The second-order valence-corrected chi connectivity index (χ2v) is 18.1. The third kappa shape index (κ3) is 53.2. The van der Waals surface area contributed by atoms with Crippen molar-refractivity contribution in [1.82, 2.24) is 0 Å². The molecule has 67 heavy (non-hydrogen) atoms. The Morgan fingerprint density at radius 2 is 0.552 bits per heavy atom.